The quantitative estimate of drug-likeness (QED) is 0.205. The van der Waals surface area contributed by atoms with Crippen LogP contribution in [0.5, 0.6) is 0 Å². The van der Waals surface area contributed by atoms with Crippen molar-refractivity contribution >= 4 is 21.9 Å². The van der Waals surface area contributed by atoms with Gasteiger partial charge in [-0.2, -0.15) is 0 Å². The van der Waals surface area contributed by atoms with Gasteiger partial charge in [-0.3, -0.25) is 0 Å². The molecule has 218 valence electrons. The summed E-state index contributed by atoms with van der Waals surface area (Å²) in [6.07, 6.45) is 0. The second kappa shape index (κ2) is 10.1. The number of aromatic nitrogens is 2. The van der Waals surface area contributed by atoms with Gasteiger partial charge in [0.25, 0.3) is 0 Å². The molecule has 3 heteroatoms. The Hall–Kier alpha value is -5.80. The van der Waals surface area contributed by atoms with Crippen molar-refractivity contribution in [3.05, 3.63) is 157 Å². The van der Waals surface area contributed by atoms with E-state index in [1.54, 1.807) is 0 Å². The molecule has 8 aromatic rings. The van der Waals surface area contributed by atoms with Crippen molar-refractivity contribution in [2.24, 2.45) is 0 Å². The van der Waals surface area contributed by atoms with Gasteiger partial charge in [0.1, 0.15) is 11.2 Å². The molecule has 9 rings (SSSR count). The SMILES string of the molecule is CC1(C)c2ccccc2-c2ccc(-c3cc(-c4nc(-c5ccccc5)cc(-c5ccccc5)n4)cc4oc5ccccc5c34)cc21. The van der Waals surface area contributed by atoms with Gasteiger partial charge in [-0.1, -0.05) is 129 Å². The van der Waals surface area contributed by atoms with Crippen LogP contribution in [0.4, 0.5) is 0 Å². The lowest BCUT2D eigenvalue weighted by molar-refractivity contribution is 0.660. The van der Waals surface area contributed by atoms with E-state index < -0.39 is 0 Å². The zero-order valence-corrected chi connectivity index (χ0v) is 25.7. The first-order valence-electron chi connectivity index (χ1n) is 15.7. The van der Waals surface area contributed by atoms with Crippen LogP contribution in [-0.2, 0) is 5.41 Å². The highest BCUT2D eigenvalue weighted by Gasteiger charge is 2.35. The largest absolute Gasteiger partial charge is 0.456 e. The molecule has 0 amide bonds. The molecular weight excluding hydrogens is 560 g/mol. The van der Waals surface area contributed by atoms with Gasteiger partial charge in [0.05, 0.1) is 11.4 Å². The Bertz CT molecular complexity index is 2380. The first-order valence-corrected chi connectivity index (χ1v) is 15.7. The minimum atomic E-state index is -0.102. The van der Waals surface area contributed by atoms with Crippen molar-refractivity contribution in [3.8, 4) is 56.2 Å². The predicted octanol–water partition coefficient (Wildman–Crippen LogP) is 11.4. The Balaban J connectivity index is 1.30. The molecule has 2 heterocycles. The molecule has 0 aliphatic heterocycles. The molecule has 0 radical (unpaired) electrons. The summed E-state index contributed by atoms with van der Waals surface area (Å²) in [6, 6.07) is 51.1. The van der Waals surface area contributed by atoms with E-state index in [1.807, 2.05) is 48.5 Å². The highest BCUT2D eigenvalue weighted by Crippen LogP contribution is 2.50. The molecular formula is C43H30N2O. The van der Waals surface area contributed by atoms with Crippen LogP contribution in [0.25, 0.3) is 78.1 Å². The van der Waals surface area contributed by atoms with Crippen LogP contribution >= 0.6 is 0 Å². The highest BCUT2D eigenvalue weighted by molar-refractivity contribution is 6.13. The van der Waals surface area contributed by atoms with E-state index >= 15 is 0 Å². The zero-order valence-electron chi connectivity index (χ0n) is 25.7. The van der Waals surface area contributed by atoms with E-state index in [-0.39, 0.29) is 5.41 Å². The van der Waals surface area contributed by atoms with Gasteiger partial charge < -0.3 is 4.42 Å². The summed E-state index contributed by atoms with van der Waals surface area (Å²) >= 11 is 0. The first kappa shape index (κ1) is 26.6. The van der Waals surface area contributed by atoms with Gasteiger partial charge in [0.2, 0.25) is 0 Å². The van der Waals surface area contributed by atoms with Gasteiger partial charge in [-0.25, -0.2) is 9.97 Å². The van der Waals surface area contributed by atoms with Gasteiger partial charge in [0.15, 0.2) is 5.82 Å². The van der Waals surface area contributed by atoms with Crippen molar-refractivity contribution in [2.75, 3.05) is 0 Å². The predicted molar refractivity (Wildman–Crippen MR) is 189 cm³/mol. The topological polar surface area (TPSA) is 38.9 Å². The van der Waals surface area contributed by atoms with E-state index in [0.29, 0.717) is 5.82 Å². The van der Waals surface area contributed by atoms with Gasteiger partial charge >= 0.3 is 0 Å². The zero-order chi connectivity index (χ0) is 30.8. The average molecular weight is 591 g/mol. The average Bonchev–Trinajstić information content (AvgIpc) is 3.60. The van der Waals surface area contributed by atoms with E-state index in [4.69, 9.17) is 14.4 Å². The number of hydrogen-bond acceptors (Lipinski definition) is 3. The number of para-hydroxylation sites is 1. The number of nitrogens with zero attached hydrogens (tertiary/aromatic N) is 2. The summed E-state index contributed by atoms with van der Waals surface area (Å²) in [5.74, 6) is 0.665. The maximum Gasteiger partial charge on any atom is 0.160 e. The van der Waals surface area contributed by atoms with E-state index in [1.165, 1.54) is 22.3 Å². The summed E-state index contributed by atoms with van der Waals surface area (Å²) in [5, 5.41) is 2.21. The summed E-state index contributed by atoms with van der Waals surface area (Å²) < 4.78 is 6.54. The van der Waals surface area contributed by atoms with Crippen LogP contribution in [0.2, 0.25) is 0 Å². The summed E-state index contributed by atoms with van der Waals surface area (Å²) in [5.41, 5.74) is 14.0. The lowest BCUT2D eigenvalue weighted by Gasteiger charge is -2.22. The van der Waals surface area contributed by atoms with Gasteiger partial charge in [-0.15, -0.1) is 0 Å². The van der Waals surface area contributed by atoms with Crippen LogP contribution in [-0.4, -0.2) is 9.97 Å². The fourth-order valence-electron chi connectivity index (χ4n) is 7.17. The van der Waals surface area contributed by atoms with Crippen molar-refractivity contribution in [3.63, 3.8) is 0 Å². The fourth-order valence-corrected chi connectivity index (χ4v) is 7.17. The van der Waals surface area contributed by atoms with Crippen molar-refractivity contribution < 1.29 is 4.42 Å². The van der Waals surface area contributed by atoms with E-state index in [0.717, 1.165) is 61.1 Å². The van der Waals surface area contributed by atoms with Crippen LogP contribution in [0, 0.1) is 0 Å². The minimum Gasteiger partial charge on any atom is -0.456 e. The lowest BCUT2D eigenvalue weighted by atomic mass is 9.81. The second-order valence-electron chi connectivity index (χ2n) is 12.6. The first-order chi connectivity index (χ1) is 22.5. The number of rotatable bonds is 4. The molecule has 0 fully saturated rings. The molecule has 1 aliphatic rings. The summed E-state index contributed by atoms with van der Waals surface area (Å²) in [6.45, 7) is 4.66. The molecule has 6 aromatic carbocycles. The molecule has 0 bridgehead atoms. The third kappa shape index (κ3) is 4.13. The minimum absolute atomic E-state index is 0.102. The Morgan fingerprint density at radius 2 is 1.09 bits per heavy atom. The normalized spacial score (nSPS) is 13.2. The molecule has 0 atom stereocenters. The standard InChI is InChI=1S/C43H30N2O/c1-43(2)35-19-11-9-17-31(35)32-22-21-29(24-36(32)43)34-23-30(25-40-41(34)33-18-10-12-20-39(33)46-40)42-44-37(27-13-5-3-6-14-27)26-38(45-42)28-15-7-4-8-16-28/h3-26H,1-2H3. The maximum absolute atomic E-state index is 6.54. The Morgan fingerprint density at radius 1 is 0.457 bits per heavy atom. The number of benzene rings is 6. The van der Waals surface area contributed by atoms with Crippen LogP contribution in [0.3, 0.4) is 0 Å². The van der Waals surface area contributed by atoms with E-state index in [2.05, 4.69) is 111 Å². The van der Waals surface area contributed by atoms with Crippen molar-refractivity contribution in [2.45, 2.75) is 19.3 Å². The third-order valence-corrected chi connectivity index (χ3v) is 9.50. The fraction of sp³-hybridized carbons (Fsp3) is 0.0698. The molecule has 0 spiro atoms. The Labute approximate surface area is 267 Å². The monoisotopic (exact) mass is 590 g/mol. The maximum atomic E-state index is 6.54. The van der Waals surface area contributed by atoms with Crippen molar-refractivity contribution in [1.82, 2.24) is 9.97 Å². The summed E-state index contributed by atoms with van der Waals surface area (Å²) in [4.78, 5) is 10.3. The number of hydrogen-bond donors (Lipinski definition) is 0. The smallest absolute Gasteiger partial charge is 0.160 e. The Kier molecular flexibility index (Phi) is 5.85. The third-order valence-electron chi connectivity index (χ3n) is 9.50. The lowest BCUT2D eigenvalue weighted by Crippen LogP contribution is -2.14. The van der Waals surface area contributed by atoms with E-state index in [9.17, 15) is 0 Å². The van der Waals surface area contributed by atoms with Crippen LogP contribution in [0.15, 0.2) is 150 Å². The molecule has 0 saturated carbocycles. The second-order valence-corrected chi connectivity index (χ2v) is 12.6. The Morgan fingerprint density at radius 3 is 1.83 bits per heavy atom. The van der Waals surface area contributed by atoms with Crippen LogP contribution in [0.1, 0.15) is 25.0 Å². The molecule has 2 aromatic heterocycles. The van der Waals surface area contributed by atoms with Gasteiger partial charge in [-0.05, 0) is 63.7 Å². The van der Waals surface area contributed by atoms with Gasteiger partial charge in [0, 0.05) is 32.9 Å². The molecule has 1 aliphatic carbocycles. The highest BCUT2D eigenvalue weighted by atomic mass is 16.3. The molecule has 0 saturated heterocycles. The summed E-state index contributed by atoms with van der Waals surface area (Å²) in [7, 11) is 0. The molecule has 0 unspecified atom stereocenters. The number of furan rings is 1. The van der Waals surface area contributed by atoms with Crippen LogP contribution < -0.4 is 0 Å². The van der Waals surface area contributed by atoms with Crippen molar-refractivity contribution in [1.29, 1.82) is 0 Å². The molecule has 46 heavy (non-hydrogen) atoms. The number of fused-ring (bicyclic) bond motifs is 6. The molecule has 3 nitrogen and oxygen atoms in total. The molecule has 0 N–H and O–H groups in total.